The molecule has 0 radical (unpaired) electrons. The van der Waals surface area contributed by atoms with Gasteiger partial charge in [-0.25, -0.2) is 0 Å². The van der Waals surface area contributed by atoms with Gasteiger partial charge in [-0.05, 0) is 77.0 Å². The molecule has 316 valence electrons. The maximum absolute atomic E-state index is 13.1. The van der Waals surface area contributed by atoms with E-state index in [0.717, 1.165) is 77.0 Å². The van der Waals surface area contributed by atoms with Crippen LogP contribution in [-0.2, 0) is 14.3 Å². The summed E-state index contributed by atoms with van der Waals surface area (Å²) in [5.41, 5.74) is 0. The van der Waals surface area contributed by atoms with E-state index in [1.54, 1.807) is 0 Å². The number of esters is 1. The minimum absolute atomic E-state index is 0.00144. The van der Waals surface area contributed by atoms with Gasteiger partial charge >= 0.3 is 5.97 Å². The number of hydrogen-bond acceptors (Lipinski definition) is 5. The lowest BCUT2D eigenvalue weighted by Crippen LogP contribution is -2.46. The Labute approximate surface area is 343 Å². The molecule has 0 aromatic rings. The van der Waals surface area contributed by atoms with Gasteiger partial charge in [0.25, 0.3) is 0 Å². The molecule has 0 saturated heterocycles. The van der Waals surface area contributed by atoms with Crippen molar-refractivity contribution in [1.82, 2.24) is 5.32 Å². The smallest absolute Gasteiger partial charge is 0.306 e. The van der Waals surface area contributed by atoms with Gasteiger partial charge in [0.15, 0.2) is 0 Å². The Kier molecular flexibility index (Phi) is 40.0. The number of aliphatic hydroxyl groups is 2. The van der Waals surface area contributed by atoms with E-state index in [9.17, 15) is 19.8 Å². The number of ether oxygens (including phenoxy) is 1. The second-order valence-corrected chi connectivity index (χ2v) is 14.4. The molecule has 6 heteroatoms. The van der Waals surface area contributed by atoms with Crippen molar-refractivity contribution in [3.05, 3.63) is 109 Å². The zero-order valence-corrected chi connectivity index (χ0v) is 35.7. The maximum atomic E-state index is 13.1. The van der Waals surface area contributed by atoms with Crippen molar-refractivity contribution in [2.24, 2.45) is 0 Å². The quantitative estimate of drug-likeness (QED) is 0.0253. The third-order valence-corrected chi connectivity index (χ3v) is 9.19. The summed E-state index contributed by atoms with van der Waals surface area (Å²) >= 11 is 0. The van der Waals surface area contributed by atoms with Crippen LogP contribution in [0.1, 0.15) is 168 Å². The fourth-order valence-electron chi connectivity index (χ4n) is 5.89. The molecule has 6 nitrogen and oxygen atoms in total. The van der Waals surface area contributed by atoms with Crippen LogP contribution < -0.4 is 5.32 Å². The van der Waals surface area contributed by atoms with E-state index >= 15 is 0 Å². The van der Waals surface area contributed by atoms with Gasteiger partial charge in [-0.1, -0.05) is 188 Å². The van der Waals surface area contributed by atoms with Crippen LogP contribution in [0.2, 0.25) is 0 Å². The summed E-state index contributed by atoms with van der Waals surface area (Å²) in [7, 11) is 0. The van der Waals surface area contributed by atoms with E-state index in [4.69, 9.17) is 4.74 Å². The highest BCUT2D eigenvalue weighted by molar-refractivity contribution is 5.77. The van der Waals surface area contributed by atoms with Crippen molar-refractivity contribution in [3.63, 3.8) is 0 Å². The van der Waals surface area contributed by atoms with Crippen LogP contribution in [0.5, 0.6) is 0 Å². The molecule has 0 rings (SSSR count). The molecular weight excluding hydrogens is 695 g/mol. The number of allylic oxidation sites excluding steroid dienone is 18. The Balaban J connectivity index is 4.79. The molecule has 3 unspecified atom stereocenters. The Bertz CT molecular complexity index is 1190. The van der Waals surface area contributed by atoms with E-state index in [1.807, 2.05) is 36.5 Å². The van der Waals surface area contributed by atoms with Gasteiger partial charge in [0.1, 0.15) is 6.10 Å². The zero-order valence-electron chi connectivity index (χ0n) is 35.7. The Hall–Kier alpha value is -3.48. The van der Waals surface area contributed by atoms with Crippen LogP contribution in [0.25, 0.3) is 0 Å². The van der Waals surface area contributed by atoms with Crippen molar-refractivity contribution in [1.29, 1.82) is 0 Å². The molecule has 0 aliphatic rings. The number of rotatable bonds is 37. The lowest BCUT2D eigenvalue weighted by Gasteiger charge is -2.24. The molecule has 56 heavy (non-hydrogen) atoms. The molecule has 0 heterocycles. The summed E-state index contributed by atoms with van der Waals surface area (Å²) in [6.45, 7) is 6.13. The molecule has 0 aliphatic carbocycles. The minimum atomic E-state index is -0.818. The topological polar surface area (TPSA) is 95.9 Å². The average molecular weight is 776 g/mol. The first kappa shape index (κ1) is 52.5. The Morgan fingerprint density at radius 1 is 0.554 bits per heavy atom. The van der Waals surface area contributed by atoms with Gasteiger partial charge in [-0.15, -0.1) is 0 Å². The van der Waals surface area contributed by atoms with Crippen molar-refractivity contribution in [3.8, 4) is 0 Å². The van der Waals surface area contributed by atoms with Crippen molar-refractivity contribution < 1.29 is 24.5 Å². The lowest BCUT2D eigenvalue weighted by molar-refractivity contribution is -0.151. The van der Waals surface area contributed by atoms with E-state index in [1.165, 1.54) is 38.5 Å². The standard InChI is InChI=1S/C50H81NO5/c1-4-7-10-13-16-19-21-22-23-24-25-26-28-31-34-37-40-43-50(55)56-46(41-38-35-32-30-27-20-17-14-11-8-5-2)44-49(54)51-47(45-52)48(53)42-39-36-33-29-18-15-12-9-6-3/h7-8,10-11,14,16-17,19-20,22-23,25-27,30-32,34,46-48,52-53H,4-6,9,12-13,15,18,21,24,28-29,33,35-45H2,1-3H3,(H,51,54)/b10-7-,11-8+,17-14+,19-16-,23-22-,26-25-,27-20-,32-30-,34-31-. The van der Waals surface area contributed by atoms with E-state index < -0.39 is 18.2 Å². The van der Waals surface area contributed by atoms with Crippen LogP contribution in [0.3, 0.4) is 0 Å². The second kappa shape index (κ2) is 42.7. The SMILES string of the molecule is CC/C=C\C/C=C\C/C=C\C/C=C\C/C=C\CCCC(=O)OC(CCC\C=C/C=C\C=C\C=C\CC)CC(=O)NC(CO)C(O)CCCCCCCCCCC. The number of carbonyl (C=O) groups is 2. The van der Waals surface area contributed by atoms with Gasteiger partial charge in [-0.2, -0.15) is 0 Å². The Morgan fingerprint density at radius 2 is 1.05 bits per heavy atom. The second-order valence-electron chi connectivity index (χ2n) is 14.4. The van der Waals surface area contributed by atoms with Crippen LogP contribution in [0.4, 0.5) is 0 Å². The first-order valence-corrected chi connectivity index (χ1v) is 22.2. The first-order chi connectivity index (χ1) is 27.5. The van der Waals surface area contributed by atoms with Gasteiger partial charge in [0.05, 0.1) is 25.2 Å². The summed E-state index contributed by atoms with van der Waals surface area (Å²) in [6, 6.07) is -0.738. The number of aliphatic hydroxyl groups excluding tert-OH is 2. The highest BCUT2D eigenvalue weighted by Gasteiger charge is 2.23. The van der Waals surface area contributed by atoms with Gasteiger partial charge in [0.2, 0.25) is 5.91 Å². The molecule has 0 aromatic carbocycles. The number of unbranched alkanes of at least 4 members (excludes halogenated alkanes) is 10. The lowest BCUT2D eigenvalue weighted by atomic mass is 10.0. The normalized spacial score (nSPS) is 14.4. The number of nitrogens with one attached hydrogen (secondary N) is 1. The molecule has 0 aliphatic heterocycles. The van der Waals surface area contributed by atoms with E-state index in [2.05, 4.69) is 99.0 Å². The van der Waals surface area contributed by atoms with Crippen LogP contribution in [0.15, 0.2) is 109 Å². The largest absolute Gasteiger partial charge is 0.462 e. The summed E-state index contributed by atoms with van der Waals surface area (Å²) < 4.78 is 5.82. The zero-order chi connectivity index (χ0) is 41.0. The molecule has 0 fully saturated rings. The molecule has 0 bridgehead atoms. The van der Waals surface area contributed by atoms with Crippen LogP contribution in [0, 0.1) is 0 Å². The molecule has 1 amide bonds. The highest BCUT2D eigenvalue weighted by atomic mass is 16.5. The summed E-state index contributed by atoms with van der Waals surface area (Å²) in [6.07, 6.45) is 57.3. The Morgan fingerprint density at radius 3 is 1.62 bits per heavy atom. The van der Waals surface area contributed by atoms with Gasteiger partial charge in [-0.3, -0.25) is 9.59 Å². The predicted molar refractivity (Wildman–Crippen MR) is 240 cm³/mol. The third kappa shape index (κ3) is 37.4. The monoisotopic (exact) mass is 776 g/mol. The fourth-order valence-corrected chi connectivity index (χ4v) is 5.89. The maximum Gasteiger partial charge on any atom is 0.306 e. The van der Waals surface area contributed by atoms with Gasteiger partial charge in [0, 0.05) is 6.42 Å². The van der Waals surface area contributed by atoms with E-state index in [0.29, 0.717) is 19.3 Å². The van der Waals surface area contributed by atoms with E-state index in [-0.39, 0.29) is 31.3 Å². The predicted octanol–water partition coefficient (Wildman–Crippen LogP) is 12.8. The summed E-state index contributed by atoms with van der Waals surface area (Å²) in [5, 5.41) is 23.5. The average Bonchev–Trinajstić information content (AvgIpc) is 3.19. The minimum Gasteiger partial charge on any atom is -0.462 e. The fraction of sp³-hybridized carbons (Fsp3) is 0.600. The molecule has 3 atom stereocenters. The molecule has 3 N–H and O–H groups in total. The first-order valence-electron chi connectivity index (χ1n) is 22.2. The number of carbonyl (C=O) groups excluding carboxylic acids is 2. The number of hydrogen-bond donors (Lipinski definition) is 3. The number of amides is 1. The van der Waals surface area contributed by atoms with Crippen LogP contribution >= 0.6 is 0 Å². The highest BCUT2D eigenvalue weighted by Crippen LogP contribution is 2.15. The van der Waals surface area contributed by atoms with Crippen molar-refractivity contribution in [2.75, 3.05) is 6.61 Å². The van der Waals surface area contributed by atoms with Crippen LogP contribution in [-0.4, -0.2) is 46.9 Å². The summed E-state index contributed by atoms with van der Waals surface area (Å²) in [5.74, 6) is -0.629. The van der Waals surface area contributed by atoms with Crippen molar-refractivity contribution in [2.45, 2.75) is 187 Å². The molecular formula is C50H81NO5. The molecule has 0 saturated carbocycles. The molecule has 0 spiro atoms. The van der Waals surface area contributed by atoms with Gasteiger partial charge < -0.3 is 20.3 Å². The third-order valence-electron chi connectivity index (χ3n) is 9.19. The summed E-state index contributed by atoms with van der Waals surface area (Å²) in [4.78, 5) is 25.9. The van der Waals surface area contributed by atoms with Crippen molar-refractivity contribution >= 4 is 11.9 Å². The molecule has 0 aromatic heterocycles.